The number of rotatable bonds is 2. The van der Waals surface area contributed by atoms with Gasteiger partial charge in [-0.3, -0.25) is 9.36 Å². The van der Waals surface area contributed by atoms with Crippen molar-refractivity contribution in [1.82, 2.24) is 4.57 Å². The van der Waals surface area contributed by atoms with E-state index in [1.165, 1.54) is 4.57 Å². The van der Waals surface area contributed by atoms with Gasteiger partial charge < -0.3 is 9.84 Å². The highest BCUT2D eigenvalue weighted by Gasteiger charge is 2.27. The zero-order chi connectivity index (χ0) is 13.1. The van der Waals surface area contributed by atoms with Gasteiger partial charge in [-0.1, -0.05) is 6.42 Å². The second-order valence-electron chi connectivity index (χ2n) is 4.43. The van der Waals surface area contributed by atoms with Crippen molar-refractivity contribution in [3.05, 3.63) is 28.2 Å². The van der Waals surface area contributed by atoms with Crippen molar-refractivity contribution in [2.75, 3.05) is 6.61 Å². The van der Waals surface area contributed by atoms with Crippen LogP contribution in [0, 0.1) is 0 Å². The minimum Gasteiger partial charge on any atom is -0.508 e. The Balaban J connectivity index is 2.47. The van der Waals surface area contributed by atoms with Crippen molar-refractivity contribution in [2.45, 2.75) is 38.6 Å². The Kier molecular flexibility index (Phi) is 3.69. The van der Waals surface area contributed by atoms with Gasteiger partial charge in [0.05, 0.1) is 6.61 Å². The van der Waals surface area contributed by atoms with E-state index in [1.54, 1.807) is 13.0 Å². The van der Waals surface area contributed by atoms with Crippen molar-refractivity contribution in [3.8, 4) is 5.75 Å². The molecule has 0 saturated carbocycles. The number of hydrogen-bond acceptors (Lipinski definition) is 4. The Labute approximate surface area is 105 Å². The minimum atomic E-state index is -0.560. The highest BCUT2D eigenvalue weighted by atomic mass is 16.5. The van der Waals surface area contributed by atoms with Crippen molar-refractivity contribution in [1.29, 1.82) is 0 Å². The molecule has 0 aliphatic carbocycles. The molecule has 0 radical (unpaired) electrons. The van der Waals surface area contributed by atoms with Crippen LogP contribution in [0.3, 0.4) is 0 Å². The molecule has 1 aliphatic heterocycles. The molecule has 0 spiro atoms. The number of esters is 1. The van der Waals surface area contributed by atoms with Crippen molar-refractivity contribution in [3.63, 3.8) is 0 Å². The smallest absolute Gasteiger partial charge is 0.329 e. The number of hydrogen-bond donors (Lipinski definition) is 1. The topological polar surface area (TPSA) is 68.5 Å². The molecular weight excluding hydrogens is 234 g/mol. The van der Waals surface area contributed by atoms with Gasteiger partial charge in [-0.05, 0) is 32.3 Å². The third-order valence-electron chi connectivity index (χ3n) is 3.16. The molecular formula is C13H17NO4. The molecule has 5 nitrogen and oxygen atoms in total. The van der Waals surface area contributed by atoms with E-state index in [2.05, 4.69) is 0 Å². The van der Waals surface area contributed by atoms with Gasteiger partial charge in [0.25, 0.3) is 5.56 Å². The van der Waals surface area contributed by atoms with Crippen LogP contribution < -0.4 is 5.56 Å². The van der Waals surface area contributed by atoms with Crippen molar-refractivity contribution >= 4 is 5.97 Å². The Morgan fingerprint density at radius 1 is 1.50 bits per heavy atom. The van der Waals surface area contributed by atoms with E-state index in [0.29, 0.717) is 25.1 Å². The SMILES string of the molecule is CCOC(=O)C1CCCCc2cc(O)cc(=O)n21. The van der Waals surface area contributed by atoms with Gasteiger partial charge in [-0.15, -0.1) is 0 Å². The molecule has 18 heavy (non-hydrogen) atoms. The lowest BCUT2D eigenvalue weighted by atomic mass is 10.1. The summed E-state index contributed by atoms with van der Waals surface area (Å²) in [6.07, 6.45) is 3.07. The molecule has 0 fully saturated rings. The Morgan fingerprint density at radius 2 is 2.28 bits per heavy atom. The third kappa shape index (κ3) is 2.39. The first-order valence-electron chi connectivity index (χ1n) is 6.24. The van der Waals surface area contributed by atoms with Gasteiger partial charge in [-0.2, -0.15) is 0 Å². The van der Waals surface area contributed by atoms with E-state index in [1.807, 2.05) is 0 Å². The fraction of sp³-hybridized carbons (Fsp3) is 0.538. The summed E-state index contributed by atoms with van der Waals surface area (Å²) in [5.41, 5.74) is 0.362. The molecule has 2 heterocycles. The standard InChI is InChI=1S/C13H17NO4/c1-2-18-13(17)11-6-4-3-5-9-7-10(15)8-12(16)14(9)11/h7-8,11,15H,2-6H2,1H3. The highest BCUT2D eigenvalue weighted by Crippen LogP contribution is 2.25. The predicted molar refractivity (Wildman–Crippen MR) is 65.6 cm³/mol. The summed E-state index contributed by atoms with van der Waals surface area (Å²) in [6, 6.07) is 2.13. The number of carbonyl (C=O) groups excluding carboxylic acids is 1. The van der Waals surface area contributed by atoms with Gasteiger partial charge in [0.2, 0.25) is 0 Å². The summed E-state index contributed by atoms with van der Waals surface area (Å²) < 4.78 is 6.48. The van der Waals surface area contributed by atoms with Crippen LogP contribution in [-0.4, -0.2) is 22.2 Å². The van der Waals surface area contributed by atoms with Gasteiger partial charge >= 0.3 is 5.97 Å². The summed E-state index contributed by atoms with van der Waals surface area (Å²) in [6.45, 7) is 2.05. The largest absolute Gasteiger partial charge is 0.508 e. The lowest BCUT2D eigenvalue weighted by Crippen LogP contribution is -2.32. The molecule has 98 valence electrons. The number of nitrogens with zero attached hydrogens (tertiary/aromatic N) is 1. The van der Waals surface area contributed by atoms with Crippen molar-refractivity contribution < 1.29 is 14.6 Å². The molecule has 1 aromatic rings. The summed E-state index contributed by atoms with van der Waals surface area (Å²) in [4.78, 5) is 23.9. The average Bonchev–Trinajstić information content (AvgIpc) is 2.51. The summed E-state index contributed by atoms with van der Waals surface area (Å²) in [7, 11) is 0. The van der Waals surface area contributed by atoms with Crippen LogP contribution in [0.15, 0.2) is 16.9 Å². The van der Waals surface area contributed by atoms with Crippen LogP contribution in [0.5, 0.6) is 5.75 Å². The number of pyridine rings is 1. The van der Waals surface area contributed by atoms with E-state index >= 15 is 0 Å². The normalized spacial score (nSPS) is 18.8. The van der Waals surface area contributed by atoms with Gasteiger partial charge in [0.15, 0.2) is 0 Å². The van der Waals surface area contributed by atoms with E-state index in [0.717, 1.165) is 18.9 Å². The Morgan fingerprint density at radius 3 is 3.00 bits per heavy atom. The van der Waals surface area contributed by atoms with E-state index in [-0.39, 0.29) is 17.3 Å². The number of aromatic hydroxyl groups is 1. The predicted octanol–water partition coefficient (Wildman–Crippen LogP) is 1.38. The zero-order valence-electron chi connectivity index (χ0n) is 10.4. The molecule has 1 unspecified atom stereocenters. The molecule has 1 N–H and O–H groups in total. The maximum absolute atomic E-state index is 12.0. The monoisotopic (exact) mass is 251 g/mol. The first-order chi connectivity index (χ1) is 8.63. The van der Waals surface area contributed by atoms with Gasteiger partial charge in [-0.25, -0.2) is 4.79 Å². The zero-order valence-corrected chi connectivity index (χ0v) is 10.4. The summed E-state index contributed by atoms with van der Waals surface area (Å²) in [5, 5.41) is 9.46. The van der Waals surface area contributed by atoms with Crippen LogP contribution in [0.4, 0.5) is 0 Å². The Hall–Kier alpha value is -1.78. The fourth-order valence-electron chi connectivity index (χ4n) is 2.40. The van der Waals surface area contributed by atoms with Gasteiger partial charge in [0.1, 0.15) is 11.8 Å². The van der Waals surface area contributed by atoms with Crippen LogP contribution in [0.2, 0.25) is 0 Å². The molecule has 1 atom stereocenters. The molecule has 0 saturated heterocycles. The molecule has 0 amide bonds. The molecule has 1 aromatic heterocycles. The van der Waals surface area contributed by atoms with Crippen LogP contribution >= 0.6 is 0 Å². The molecule has 0 aromatic carbocycles. The maximum atomic E-state index is 12.0. The number of aromatic nitrogens is 1. The molecule has 0 bridgehead atoms. The molecule has 2 rings (SSSR count). The fourth-order valence-corrected chi connectivity index (χ4v) is 2.40. The van der Waals surface area contributed by atoms with Crippen molar-refractivity contribution in [2.24, 2.45) is 0 Å². The lowest BCUT2D eigenvalue weighted by molar-refractivity contribution is -0.147. The highest BCUT2D eigenvalue weighted by molar-refractivity contribution is 5.74. The number of aryl methyl sites for hydroxylation is 1. The minimum absolute atomic E-state index is 0.0456. The first-order valence-corrected chi connectivity index (χ1v) is 6.24. The number of fused-ring (bicyclic) bond motifs is 1. The lowest BCUT2D eigenvalue weighted by Gasteiger charge is -2.19. The van der Waals surface area contributed by atoms with Crippen LogP contribution in [0.25, 0.3) is 0 Å². The number of ether oxygens (including phenoxy) is 1. The Bertz CT molecular complexity index is 506. The van der Waals surface area contributed by atoms with Crippen LogP contribution in [0.1, 0.15) is 37.9 Å². The second-order valence-corrected chi connectivity index (χ2v) is 4.43. The summed E-state index contributed by atoms with van der Waals surface area (Å²) >= 11 is 0. The quantitative estimate of drug-likeness (QED) is 0.806. The average molecular weight is 251 g/mol. The van der Waals surface area contributed by atoms with Crippen LogP contribution in [-0.2, 0) is 16.0 Å². The molecule has 5 heteroatoms. The first kappa shape index (κ1) is 12.7. The number of carbonyl (C=O) groups is 1. The molecule has 1 aliphatic rings. The van der Waals surface area contributed by atoms with Gasteiger partial charge in [0, 0.05) is 11.8 Å². The summed E-state index contributed by atoms with van der Waals surface area (Å²) in [5.74, 6) is -0.413. The second kappa shape index (κ2) is 5.25. The van der Waals surface area contributed by atoms with E-state index in [9.17, 15) is 14.7 Å². The third-order valence-corrected chi connectivity index (χ3v) is 3.16. The van der Waals surface area contributed by atoms with E-state index < -0.39 is 6.04 Å². The maximum Gasteiger partial charge on any atom is 0.329 e. The van der Waals surface area contributed by atoms with E-state index in [4.69, 9.17) is 4.74 Å².